The van der Waals surface area contributed by atoms with E-state index in [9.17, 15) is 10.1 Å². The Balaban J connectivity index is 2.58. The zero-order chi connectivity index (χ0) is 15.4. The summed E-state index contributed by atoms with van der Waals surface area (Å²) in [5.74, 6) is 5.98. The molecular weight excluding hydrogens is 272 g/mol. The second-order valence-electron chi connectivity index (χ2n) is 4.31. The lowest BCUT2D eigenvalue weighted by molar-refractivity contribution is -0.383. The molecule has 7 nitrogen and oxygen atoms in total. The van der Waals surface area contributed by atoms with Crippen molar-refractivity contribution in [3.05, 3.63) is 52.6 Å². The van der Waals surface area contributed by atoms with E-state index in [-0.39, 0.29) is 11.4 Å². The quantitative estimate of drug-likeness (QED) is 0.499. The number of para-hydroxylation sites is 3. The van der Waals surface area contributed by atoms with E-state index in [1.807, 2.05) is 18.2 Å². The number of anilines is 3. The molecule has 7 heteroatoms. The standard InChI is InChI=1S/C14H16N4O3/c1-17(11-7-3-4-9-13(11)21-2)12-8-5-6-10(16-15)14(12)18(19)20/h3-9,16H,15H2,1-2H3. The van der Waals surface area contributed by atoms with Gasteiger partial charge in [-0.05, 0) is 24.3 Å². The Hall–Kier alpha value is -2.80. The largest absolute Gasteiger partial charge is 0.495 e. The van der Waals surface area contributed by atoms with E-state index in [0.29, 0.717) is 11.4 Å². The van der Waals surface area contributed by atoms with Gasteiger partial charge in [0.1, 0.15) is 17.1 Å². The Kier molecular flexibility index (Phi) is 4.24. The van der Waals surface area contributed by atoms with Crippen LogP contribution in [-0.4, -0.2) is 19.1 Å². The topological polar surface area (TPSA) is 93.7 Å². The van der Waals surface area contributed by atoms with E-state index in [1.54, 1.807) is 43.3 Å². The van der Waals surface area contributed by atoms with Gasteiger partial charge in [0.25, 0.3) is 0 Å². The van der Waals surface area contributed by atoms with Crippen LogP contribution in [0.25, 0.3) is 0 Å². The first kappa shape index (κ1) is 14.6. The van der Waals surface area contributed by atoms with E-state index in [4.69, 9.17) is 10.6 Å². The van der Waals surface area contributed by atoms with Crippen molar-refractivity contribution < 1.29 is 9.66 Å². The van der Waals surface area contributed by atoms with Gasteiger partial charge in [-0.3, -0.25) is 16.0 Å². The minimum Gasteiger partial charge on any atom is -0.495 e. The average Bonchev–Trinajstić information content (AvgIpc) is 2.53. The number of nitro benzene ring substituents is 1. The lowest BCUT2D eigenvalue weighted by Gasteiger charge is -2.22. The molecule has 0 unspecified atom stereocenters. The second-order valence-corrected chi connectivity index (χ2v) is 4.31. The predicted molar refractivity (Wildman–Crippen MR) is 82.0 cm³/mol. The molecule has 2 aromatic carbocycles. The summed E-state index contributed by atoms with van der Waals surface area (Å²) in [7, 11) is 3.29. The first-order valence-corrected chi connectivity index (χ1v) is 6.21. The fraction of sp³-hybridized carbons (Fsp3) is 0.143. The summed E-state index contributed by atoms with van der Waals surface area (Å²) in [6, 6.07) is 12.2. The Bertz CT molecular complexity index is 660. The Labute approximate surface area is 122 Å². The smallest absolute Gasteiger partial charge is 0.317 e. The molecule has 0 heterocycles. The molecule has 0 saturated heterocycles. The Morgan fingerprint density at radius 3 is 2.48 bits per heavy atom. The van der Waals surface area contributed by atoms with Crippen molar-refractivity contribution in [2.24, 2.45) is 5.84 Å². The minimum absolute atomic E-state index is 0.0894. The van der Waals surface area contributed by atoms with Crippen LogP contribution in [0.2, 0.25) is 0 Å². The molecule has 0 bridgehead atoms. The molecule has 0 saturated carbocycles. The third-order valence-electron chi connectivity index (χ3n) is 3.16. The Morgan fingerprint density at radius 2 is 1.86 bits per heavy atom. The molecule has 0 fully saturated rings. The number of hydrazine groups is 1. The first-order chi connectivity index (χ1) is 10.1. The van der Waals surface area contributed by atoms with Crippen LogP contribution >= 0.6 is 0 Å². The van der Waals surface area contributed by atoms with Gasteiger partial charge in [0.2, 0.25) is 0 Å². The molecule has 2 rings (SSSR count). The summed E-state index contributed by atoms with van der Waals surface area (Å²) in [6.45, 7) is 0. The van der Waals surface area contributed by atoms with Gasteiger partial charge in [0.05, 0.1) is 17.7 Å². The van der Waals surface area contributed by atoms with Crippen LogP contribution in [0.1, 0.15) is 0 Å². The fourth-order valence-electron chi connectivity index (χ4n) is 2.15. The lowest BCUT2D eigenvalue weighted by atomic mass is 10.2. The van der Waals surface area contributed by atoms with Crippen LogP contribution < -0.4 is 20.9 Å². The lowest BCUT2D eigenvalue weighted by Crippen LogP contribution is -2.15. The first-order valence-electron chi connectivity index (χ1n) is 6.21. The van der Waals surface area contributed by atoms with Crippen molar-refractivity contribution in [3.8, 4) is 5.75 Å². The van der Waals surface area contributed by atoms with Crippen molar-refractivity contribution in [3.63, 3.8) is 0 Å². The number of benzene rings is 2. The molecule has 110 valence electrons. The van der Waals surface area contributed by atoms with Crippen molar-refractivity contribution in [2.75, 3.05) is 24.5 Å². The summed E-state index contributed by atoms with van der Waals surface area (Å²) in [5.41, 5.74) is 3.65. The molecule has 0 aliphatic rings. The van der Waals surface area contributed by atoms with E-state index < -0.39 is 4.92 Å². The highest BCUT2D eigenvalue weighted by molar-refractivity contribution is 5.82. The monoisotopic (exact) mass is 288 g/mol. The van der Waals surface area contributed by atoms with Crippen molar-refractivity contribution >= 4 is 22.7 Å². The van der Waals surface area contributed by atoms with Crippen molar-refractivity contribution in [1.82, 2.24) is 0 Å². The summed E-state index contributed by atoms with van der Waals surface area (Å²) in [4.78, 5) is 12.6. The molecule has 0 aliphatic heterocycles. The maximum atomic E-state index is 11.3. The molecule has 2 aromatic rings. The number of hydrogen-bond donors (Lipinski definition) is 2. The highest BCUT2D eigenvalue weighted by Gasteiger charge is 2.23. The highest BCUT2D eigenvalue weighted by Crippen LogP contribution is 2.40. The highest BCUT2D eigenvalue weighted by atomic mass is 16.6. The molecule has 0 aromatic heterocycles. The van der Waals surface area contributed by atoms with Crippen molar-refractivity contribution in [1.29, 1.82) is 0 Å². The van der Waals surface area contributed by atoms with Crippen LogP contribution in [0.4, 0.5) is 22.7 Å². The van der Waals surface area contributed by atoms with Crippen LogP contribution in [0, 0.1) is 10.1 Å². The van der Waals surface area contributed by atoms with Gasteiger partial charge in [-0.15, -0.1) is 0 Å². The number of nitrogens with one attached hydrogen (secondary N) is 1. The molecule has 21 heavy (non-hydrogen) atoms. The number of rotatable bonds is 5. The van der Waals surface area contributed by atoms with E-state index in [0.717, 1.165) is 5.69 Å². The number of nitrogens with zero attached hydrogens (tertiary/aromatic N) is 2. The number of methoxy groups -OCH3 is 1. The molecular formula is C14H16N4O3. The van der Waals surface area contributed by atoms with E-state index >= 15 is 0 Å². The maximum absolute atomic E-state index is 11.3. The van der Waals surface area contributed by atoms with Gasteiger partial charge >= 0.3 is 5.69 Å². The number of hydrogen-bond acceptors (Lipinski definition) is 6. The SMILES string of the molecule is COc1ccccc1N(C)c1cccc(NN)c1[N+](=O)[O-]. The van der Waals surface area contributed by atoms with Gasteiger partial charge in [-0.25, -0.2) is 0 Å². The van der Waals surface area contributed by atoms with Crippen LogP contribution in [0.5, 0.6) is 5.75 Å². The van der Waals surface area contributed by atoms with Gasteiger partial charge in [0.15, 0.2) is 0 Å². The van der Waals surface area contributed by atoms with E-state index in [2.05, 4.69) is 5.43 Å². The van der Waals surface area contributed by atoms with Gasteiger partial charge in [-0.1, -0.05) is 18.2 Å². The zero-order valence-corrected chi connectivity index (χ0v) is 11.7. The van der Waals surface area contributed by atoms with Crippen LogP contribution in [0.3, 0.4) is 0 Å². The number of nitrogens with two attached hydrogens (primary N) is 1. The molecule has 0 radical (unpaired) electrons. The van der Waals surface area contributed by atoms with Crippen LogP contribution in [-0.2, 0) is 0 Å². The third kappa shape index (κ3) is 2.72. The zero-order valence-electron chi connectivity index (χ0n) is 11.7. The van der Waals surface area contributed by atoms with Crippen LogP contribution in [0.15, 0.2) is 42.5 Å². The van der Waals surface area contributed by atoms with E-state index in [1.165, 1.54) is 0 Å². The molecule has 0 atom stereocenters. The molecule has 3 N–H and O–H groups in total. The average molecular weight is 288 g/mol. The third-order valence-corrected chi connectivity index (χ3v) is 3.16. The maximum Gasteiger partial charge on any atom is 0.317 e. The summed E-state index contributed by atoms with van der Waals surface area (Å²) in [6.07, 6.45) is 0. The van der Waals surface area contributed by atoms with Gasteiger partial charge in [0, 0.05) is 7.05 Å². The Morgan fingerprint density at radius 1 is 1.19 bits per heavy atom. The number of nitro groups is 1. The number of nitrogen functional groups attached to an aromatic ring is 1. The summed E-state index contributed by atoms with van der Waals surface area (Å²) >= 11 is 0. The van der Waals surface area contributed by atoms with Crippen molar-refractivity contribution in [2.45, 2.75) is 0 Å². The normalized spacial score (nSPS) is 10.0. The van der Waals surface area contributed by atoms with Gasteiger partial charge in [-0.2, -0.15) is 0 Å². The molecule has 0 aliphatic carbocycles. The number of ether oxygens (including phenoxy) is 1. The summed E-state index contributed by atoms with van der Waals surface area (Å²) < 4.78 is 5.29. The molecule has 0 spiro atoms. The molecule has 0 amide bonds. The predicted octanol–water partition coefficient (Wildman–Crippen LogP) is 2.66. The summed E-state index contributed by atoms with van der Waals surface area (Å²) in [5, 5.41) is 11.3. The fourth-order valence-corrected chi connectivity index (χ4v) is 2.15. The van der Waals surface area contributed by atoms with Gasteiger partial charge < -0.3 is 15.1 Å². The minimum atomic E-state index is -0.462. The second kappa shape index (κ2) is 6.10.